The normalized spacial score (nSPS) is 8.43. The Morgan fingerprint density at radius 1 is 1.43 bits per heavy atom. The first-order valence-corrected chi connectivity index (χ1v) is 2.25. The smallest absolute Gasteiger partial charge is 1.00 e. The zero-order valence-electron chi connectivity index (χ0n) is 3.51. The molecule has 0 rings (SSSR count). The summed E-state index contributed by atoms with van der Waals surface area (Å²) >= 11 is 0. The number of halogens is 2. The molecule has 7 heavy (non-hydrogen) atoms. The molecule has 0 aromatic carbocycles. The van der Waals surface area contributed by atoms with Gasteiger partial charge in [0.2, 0.25) is 0 Å². The van der Waals surface area contributed by atoms with Gasteiger partial charge in [-0.15, -0.1) is 4.20 Å². The van der Waals surface area contributed by atoms with Crippen molar-refractivity contribution in [2.45, 2.75) is 0 Å². The molecule has 0 heterocycles. The van der Waals surface area contributed by atoms with E-state index >= 15 is 0 Å². The van der Waals surface area contributed by atoms with Crippen molar-refractivity contribution in [3.8, 4) is 0 Å². The van der Waals surface area contributed by atoms with Crippen LogP contribution in [0.5, 0.6) is 0 Å². The van der Waals surface area contributed by atoms with Crippen LogP contribution in [0.3, 0.4) is 0 Å². The van der Waals surface area contributed by atoms with Crippen molar-refractivity contribution in [1.82, 2.24) is 0 Å². The van der Waals surface area contributed by atoms with E-state index in [-0.39, 0.29) is 42.0 Å². The van der Waals surface area contributed by atoms with Gasteiger partial charge >= 0.3 is 37.5 Å². The van der Waals surface area contributed by atoms with E-state index in [0.717, 1.165) is 0 Å². The molecule has 0 saturated heterocycles. The first kappa shape index (κ1) is 15.8. The Morgan fingerprint density at radius 2 is 1.43 bits per heavy atom. The summed E-state index contributed by atoms with van der Waals surface area (Å²) in [5, 5.41) is 0. The van der Waals surface area contributed by atoms with E-state index < -0.39 is 7.91 Å². The fourth-order valence-electron chi connectivity index (χ4n) is 0. The molecule has 0 aliphatic carbocycles. The Morgan fingerprint density at radius 3 is 1.43 bits per heavy atom. The van der Waals surface area contributed by atoms with Crippen LogP contribution in [0.15, 0.2) is 0 Å². The second-order valence-corrected chi connectivity index (χ2v) is 1.42. The van der Waals surface area contributed by atoms with E-state index in [9.17, 15) is 4.20 Å². The van der Waals surface area contributed by atoms with Gasteiger partial charge in [0.25, 0.3) is 0 Å². The predicted molar refractivity (Wildman–Crippen MR) is 13.2 cm³/mol. The Hall–Kier alpha value is 1.37. The molecule has 0 aromatic rings. The minimum atomic E-state index is -5.14. The monoisotopic (exact) mass is 158 g/mol. The zero-order chi connectivity index (χ0) is 4.50. The topological polar surface area (TPSA) is 57.5 Å². The maximum Gasteiger partial charge on any atom is 1.00 e. The third kappa shape index (κ3) is 113. The van der Waals surface area contributed by atoms with Gasteiger partial charge in [0, 0.05) is 0 Å². The van der Waals surface area contributed by atoms with Crippen molar-refractivity contribution in [2.24, 2.45) is 0 Å². The molecule has 0 amide bonds. The molecule has 0 unspecified atom stereocenters. The van der Waals surface area contributed by atoms with Gasteiger partial charge in [-0.1, -0.05) is 0 Å². The summed E-state index contributed by atoms with van der Waals surface area (Å²) in [6, 6.07) is 0. The maximum absolute atomic E-state index is 10.4. The van der Waals surface area contributed by atoms with Gasteiger partial charge in [-0.05, 0) is 0 Å². The molecule has 0 aliphatic rings. The van der Waals surface area contributed by atoms with Crippen molar-refractivity contribution in [3.05, 3.63) is 0 Å². The summed E-state index contributed by atoms with van der Waals surface area (Å²) in [4.78, 5) is 13.9. The van der Waals surface area contributed by atoms with Gasteiger partial charge in [0.05, 0.1) is 0 Å². The molecule has 0 bridgehead atoms. The van der Waals surface area contributed by atoms with Crippen LogP contribution in [-0.4, -0.2) is 9.79 Å². The van der Waals surface area contributed by atoms with E-state index in [1.807, 2.05) is 0 Å². The molecule has 7 heteroatoms. The Labute approximate surface area is 68.3 Å². The zero-order valence-corrected chi connectivity index (χ0v) is 7.16. The molecule has 0 spiro atoms. The molecule has 2 N–H and O–H groups in total. The van der Waals surface area contributed by atoms with Crippen molar-refractivity contribution >= 4 is 7.91 Å². The minimum Gasteiger partial charge on any atom is -1.00 e. The van der Waals surface area contributed by atoms with Crippen LogP contribution >= 0.6 is 7.91 Å². The molecule has 3 nitrogen and oxygen atoms in total. The average Bonchev–Trinajstić information content (AvgIpc) is 0.722. The summed E-state index contributed by atoms with van der Waals surface area (Å²) in [6.45, 7) is 0. The van der Waals surface area contributed by atoms with Crippen LogP contribution in [0.1, 0.15) is 0 Å². The summed E-state index contributed by atoms with van der Waals surface area (Å²) in [5.74, 6) is 0. The second-order valence-electron chi connectivity index (χ2n) is 0.473. The van der Waals surface area contributed by atoms with Gasteiger partial charge in [0.1, 0.15) is 0 Å². The maximum atomic E-state index is 10.4. The quantitative estimate of drug-likeness (QED) is 0.273. The van der Waals surface area contributed by atoms with Crippen molar-refractivity contribution in [2.75, 3.05) is 0 Å². The molecule has 0 aromatic heterocycles. The minimum absolute atomic E-state index is 0. The number of hydrogen-bond donors (Lipinski definition) is 2. The van der Waals surface area contributed by atoms with Crippen LogP contribution in [0.4, 0.5) is 4.20 Å². The fourth-order valence-corrected chi connectivity index (χ4v) is 0. The van der Waals surface area contributed by atoms with Crippen LogP contribution in [-0.2, 0) is 4.57 Å². The molecular formula is H2ClFNaO3P. The SMILES string of the molecule is O=P(O)(O)F.[Cl-].[Na+]. The van der Waals surface area contributed by atoms with E-state index in [4.69, 9.17) is 14.4 Å². The first-order chi connectivity index (χ1) is 2.00. The largest absolute Gasteiger partial charge is 1.00 e. The van der Waals surface area contributed by atoms with E-state index in [1.54, 1.807) is 0 Å². The van der Waals surface area contributed by atoms with Gasteiger partial charge < -0.3 is 12.4 Å². The van der Waals surface area contributed by atoms with Crippen LogP contribution < -0.4 is 42.0 Å². The second kappa shape index (κ2) is 5.51. The summed E-state index contributed by atoms with van der Waals surface area (Å²) < 4.78 is 19.0. The summed E-state index contributed by atoms with van der Waals surface area (Å²) in [7, 11) is -5.14. The molecule has 40 valence electrons. The van der Waals surface area contributed by atoms with E-state index in [1.165, 1.54) is 0 Å². The number of hydrogen-bond acceptors (Lipinski definition) is 1. The fraction of sp³-hybridized carbons (Fsp3) is 0. The standard InChI is InChI=1S/ClH.FH2O3P.Na/c;1-5(2,3)4;/h1H;(H2,2,3,4);/q;;+1/p-1. The third-order valence-electron chi connectivity index (χ3n) is 0. The average molecular weight is 158 g/mol. The Bertz CT molecular complexity index is 61.1. The van der Waals surface area contributed by atoms with Crippen molar-refractivity contribution < 1.29 is 60.5 Å². The summed E-state index contributed by atoms with van der Waals surface area (Å²) in [5.41, 5.74) is 0. The Balaban J connectivity index is -0.0000000800. The van der Waals surface area contributed by atoms with Gasteiger partial charge in [-0.2, -0.15) is 0 Å². The molecule has 0 aliphatic heterocycles. The first-order valence-electron chi connectivity index (χ1n) is 0.752. The van der Waals surface area contributed by atoms with Crippen molar-refractivity contribution in [1.29, 1.82) is 0 Å². The molecule has 0 fully saturated rings. The third-order valence-corrected chi connectivity index (χ3v) is 0. The molecular weight excluding hydrogens is 156 g/mol. The van der Waals surface area contributed by atoms with Gasteiger partial charge in [-0.3, -0.25) is 9.79 Å². The molecule has 0 saturated carbocycles. The number of rotatable bonds is 0. The molecule has 0 radical (unpaired) electrons. The summed E-state index contributed by atoms with van der Waals surface area (Å²) in [6.07, 6.45) is 0. The van der Waals surface area contributed by atoms with Crippen LogP contribution in [0, 0.1) is 0 Å². The van der Waals surface area contributed by atoms with E-state index in [2.05, 4.69) is 0 Å². The van der Waals surface area contributed by atoms with Crippen molar-refractivity contribution in [3.63, 3.8) is 0 Å². The van der Waals surface area contributed by atoms with E-state index in [0.29, 0.717) is 0 Å². The Kier molecular flexibility index (Phi) is 12.4. The van der Waals surface area contributed by atoms with Crippen LogP contribution in [0.25, 0.3) is 0 Å². The molecule has 0 atom stereocenters. The van der Waals surface area contributed by atoms with Gasteiger partial charge in [-0.25, -0.2) is 4.57 Å². The van der Waals surface area contributed by atoms with Crippen LogP contribution in [0.2, 0.25) is 0 Å². The predicted octanol–water partition coefficient (Wildman–Crippen LogP) is -5.94. The van der Waals surface area contributed by atoms with Gasteiger partial charge in [0.15, 0.2) is 0 Å².